The maximum atomic E-state index is 13.5. The van der Waals surface area contributed by atoms with E-state index in [2.05, 4.69) is 11.0 Å². The van der Waals surface area contributed by atoms with E-state index in [0.29, 0.717) is 13.1 Å². The second-order valence-corrected chi connectivity index (χ2v) is 9.19. The molecule has 1 aliphatic rings. The highest BCUT2D eigenvalue weighted by Crippen LogP contribution is 2.21. The van der Waals surface area contributed by atoms with Crippen molar-refractivity contribution in [3.05, 3.63) is 59.7 Å². The van der Waals surface area contributed by atoms with Crippen molar-refractivity contribution in [1.29, 1.82) is 0 Å². The number of anilines is 2. The predicted molar refractivity (Wildman–Crippen MR) is 113 cm³/mol. The normalized spacial score (nSPS) is 15.3. The summed E-state index contributed by atoms with van der Waals surface area (Å²) >= 11 is 0. The summed E-state index contributed by atoms with van der Waals surface area (Å²) in [4.78, 5) is 15.9. The van der Waals surface area contributed by atoms with Gasteiger partial charge in [-0.25, -0.2) is 17.2 Å². The summed E-state index contributed by atoms with van der Waals surface area (Å²) in [7, 11) is -3.83. The van der Waals surface area contributed by atoms with E-state index in [9.17, 15) is 22.0 Å². The fraction of sp³-hybridized carbons (Fsp3) is 0.381. The minimum absolute atomic E-state index is 0.126. The maximum absolute atomic E-state index is 13.5. The van der Waals surface area contributed by atoms with Crippen LogP contribution in [0.1, 0.15) is 12.5 Å². The molecule has 0 N–H and O–H groups in total. The van der Waals surface area contributed by atoms with E-state index in [4.69, 9.17) is 0 Å². The van der Waals surface area contributed by atoms with E-state index in [-0.39, 0.29) is 25.3 Å². The van der Waals surface area contributed by atoms with Crippen LogP contribution >= 0.6 is 0 Å². The van der Waals surface area contributed by atoms with Crippen molar-refractivity contribution < 1.29 is 22.0 Å². The van der Waals surface area contributed by atoms with Crippen LogP contribution in [0.3, 0.4) is 0 Å². The van der Waals surface area contributed by atoms with Crippen LogP contribution in [0.2, 0.25) is 0 Å². The van der Waals surface area contributed by atoms with Gasteiger partial charge in [0, 0.05) is 50.2 Å². The van der Waals surface area contributed by atoms with Crippen molar-refractivity contribution in [1.82, 2.24) is 4.31 Å². The molecule has 1 saturated heterocycles. The van der Waals surface area contributed by atoms with Gasteiger partial charge in [-0.3, -0.25) is 4.79 Å². The zero-order valence-electron chi connectivity index (χ0n) is 17.0. The molecule has 2 aromatic rings. The second kappa shape index (κ2) is 9.09. The van der Waals surface area contributed by atoms with Crippen molar-refractivity contribution in [2.75, 3.05) is 48.3 Å². The topological polar surface area (TPSA) is 60.9 Å². The number of piperazine rings is 1. The lowest BCUT2D eigenvalue weighted by molar-refractivity contribution is -0.116. The van der Waals surface area contributed by atoms with Gasteiger partial charge < -0.3 is 9.80 Å². The molecule has 0 aliphatic carbocycles. The standard InChI is InChI=1S/C21H25F2N3O3S/c1-3-26(18-7-8-19(22)20(23)14-18)21(27)15-30(28,29)25-11-9-24(10-12-25)17-6-4-5-16(2)13-17/h4-8,13-14H,3,9-12,15H2,1-2H3. The lowest BCUT2D eigenvalue weighted by Crippen LogP contribution is -2.51. The Morgan fingerprint density at radius 3 is 2.33 bits per heavy atom. The molecule has 0 bridgehead atoms. The first-order valence-electron chi connectivity index (χ1n) is 9.76. The Bertz CT molecular complexity index is 1020. The highest BCUT2D eigenvalue weighted by molar-refractivity contribution is 7.89. The summed E-state index contributed by atoms with van der Waals surface area (Å²) in [6.07, 6.45) is 0. The van der Waals surface area contributed by atoms with Crippen molar-refractivity contribution in [3.8, 4) is 0 Å². The van der Waals surface area contributed by atoms with E-state index in [1.807, 2.05) is 25.1 Å². The number of halogens is 2. The van der Waals surface area contributed by atoms with Crippen LogP contribution in [0.5, 0.6) is 0 Å². The van der Waals surface area contributed by atoms with Crippen LogP contribution in [0.25, 0.3) is 0 Å². The first-order chi connectivity index (χ1) is 14.2. The SMILES string of the molecule is CCN(C(=O)CS(=O)(=O)N1CCN(c2cccc(C)c2)CC1)c1ccc(F)c(F)c1. The molecule has 3 rings (SSSR count). The fourth-order valence-corrected chi connectivity index (χ4v) is 4.90. The summed E-state index contributed by atoms with van der Waals surface area (Å²) in [6.45, 7) is 5.39. The molecule has 30 heavy (non-hydrogen) atoms. The van der Waals surface area contributed by atoms with Gasteiger partial charge in [0.25, 0.3) is 0 Å². The molecule has 0 unspecified atom stereocenters. The van der Waals surface area contributed by atoms with Crippen LogP contribution in [-0.2, 0) is 14.8 Å². The first-order valence-corrected chi connectivity index (χ1v) is 11.4. The monoisotopic (exact) mass is 437 g/mol. The van der Waals surface area contributed by atoms with E-state index in [1.165, 1.54) is 10.4 Å². The number of amides is 1. The molecule has 0 atom stereocenters. The van der Waals surface area contributed by atoms with E-state index < -0.39 is 33.3 Å². The number of benzene rings is 2. The Balaban J connectivity index is 1.65. The minimum atomic E-state index is -3.83. The molecule has 162 valence electrons. The van der Waals surface area contributed by atoms with Gasteiger partial charge in [0.2, 0.25) is 15.9 Å². The minimum Gasteiger partial charge on any atom is -0.369 e. The van der Waals surface area contributed by atoms with Crippen LogP contribution in [0.4, 0.5) is 20.2 Å². The Labute approximate surface area is 175 Å². The van der Waals surface area contributed by atoms with Crippen molar-refractivity contribution in [2.45, 2.75) is 13.8 Å². The number of hydrogen-bond acceptors (Lipinski definition) is 4. The Morgan fingerprint density at radius 1 is 1.03 bits per heavy atom. The molecule has 2 aromatic carbocycles. The zero-order valence-corrected chi connectivity index (χ0v) is 17.8. The third-order valence-corrected chi connectivity index (χ3v) is 6.90. The average molecular weight is 438 g/mol. The van der Waals surface area contributed by atoms with E-state index >= 15 is 0 Å². The summed E-state index contributed by atoms with van der Waals surface area (Å²) < 4.78 is 53.6. The molecule has 1 heterocycles. The lowest BCUT2D eigenvalue weighted by atomic mass is 10.2. The number of carbonyl (C=O) groups is 1. The van der Waals surface area contributed by atoms with Crippen molar-refractivity contribution in [2.24, 2.45) is 0 Å². The molecular formula is C21H25F2N3O3S. The molecular weight excluding hydrogens is 412 g/mol. The van der Waals surface area contributed by atoms with E-state index in [0.717, 1.165) is 28.3 Å². The average Bonchev–Trinajstić information content (AvgIpc) is 2.71. The quantitative estimate of drug-likeness (QED) is 0.697. The maximum Gasteiger partial charge on any atom is 0.243 e. The predicted octanol–water partition coefficient (Wildman–Crippen LogP) is 2.78. The summed E-state index contributed by atoms with van der Waals surface area (Å²) in [6, 6.07) is 11.1. The van der Waals surface area contributed by atoms with Gasteiger partial charge in [-0.1, -0.05) is 12.1 Å². The Kier molecular flexibility index (Phi) is 6.72. The van der Waals surface area contributed by atoms with Gasteiger partial charge in [0.05, 0.1) is 0 Å². The number of carbonyl (C=O) groups excluding carboxylic acids is 1. The highest BCUT2D eigenvalue weighted by atomic mass is 32.2. The second-order valence-electron chi connectivity index (χ2n) is 7.22. The van der Waals surface area contributed by atoms with Gasteiger partial charge in [0.1, 0.15) is 5.75 Å². The highest BCUT2D eigenvalue weighted by Gasteiger charge is 2.31. The summed E-state index contributed by atoms with van der Waals surface area (Å²) in [5.41, 5.74) is 2.30. The molecule has 9 heteroatoms. The Morgan fingerprint density at radius 2 is 1.73 bits per heavy atom. The van der Waals surface area contributed by atoms with Gasteiger partial charge in [-0.2, -0.15) is 4.31 Å². The number of aryl methyl sites for hydroxylation is 1. The van der Waals surface area contributed by atoms with Crippen molar-refractivity contribution >= 4 is 27.3 Å². The molecule has 0 radical (unpaired) electrons. The van der Waals surface area contributed by atoms with Crippen LogP contribution in [0.15, 0.2) is 42.5 Å². The molecule has 0 aromatic heterocycles. The molecule has 0 spiro atoms. The molecule has 0 saturated carbocycles. The third kappa shape index (κ3) is 4.96. The van der Waals surface area contributed by atoms with Crippen LogP contribution in [-0.4, -0.2) is 57.1 Å². The fourth-order valence-electron chi connectivity index (χ4n) is 3.53. The van der Waals surface area contributed by atoms with Gasteiger partial charge in [-0.05, 0) is 43.7 Å². The molecule has 1 aliphatic heterocycles. The smallest absolute Gasteiger partial charge is 0.243 e. The first kappa shape index (κ1) is 22.2. The zero-order chi connectivity index (χ0) is 21.9. The molecule has 1 fully saturated rings. The van der Waals surface area contributed by atoms with E-state index in [1.54, 1.807) is 6.92 Å². The van der Waals surface area contributed by atoms with Gasteiger partial charge >= 0.3 is 0 Å². The summed E-state index contributed by atoms with van der Waals surface area (Å²) in [5.74, 6) is -3.51. The number of hydrogen-bond donors (Lipinski definition) is 0. The third-order valence-electron chi connectivity index (χ3n) is 5.14. The van der Waals surface area contributed by atoms with Gasteiger partial charge in [-0.15, -0.1) is 0 Å². The Hall–Kier alpha value is -2.52. The summed E-state index contributed by atoms with van der Waals surface area (Å²) in [5, 5.41) is 0. The number of sulfonamides is 1. The van der Waals surface area contributed by atoms with Crippen LogP contribution < -0.4 is 9.80 Å². The molecule has 1 amide bonds. The van der Waals surface area contributed by atoms with Crippen LogP contribution in [0, 0.1) is 18.6 Å². The van der Waals surface area contributed by atoms with Gasteiger partial charge in [0.15, 0.2) is 11.6 Å². The number of rotatable bonds is 6. The van der Waals surface area contributed by atoms with Crippen molar-refractivity contribution in [3.63, 3.8) is 0 Å². The largest absolute Gasteiger partial charge is 0.369 e. The molecule has 6 nitrogen and oxygen atoms in total. The lowest BCUT2D eigenvalue weighted by Gasteiger charge is -2.35. The number of nitrogens with zero attached hydrogens (tertiary/aromatic N) is 3.